The minimum Gasteiger partial charge on any atom is -0.409 e. The Kier molecular flexibility index (Phi) is 3.55. The van der Waals surface area contributed by atoms with Crippen LogP contribution in [-0.2, 0) is 18.3 Å². The van der Waals surface area contributed by atoms with Gasteiger partial charge >= 0.3 is 0 Å². The highest BCUT2D eigenvalue weighted by Gasteiger charge is 2.24. The van der Waals surface area contributed by atoms with Gasteiger partial charge in [0.1, 0.15) is 18.3 Å². The van der Waals surface area contributed by atoms with Gasteiger partial charge in [0.25, 0.3) is 0 Å². The number of aromatic nitrogens is 3. The third kappa shape index (κ3) is 2.71. The number of aryl methyl sites for hydroxylation is 1. The van der Waals surface area contributed by atoms with Crippen molar-refractivity contribution in [2.75, 3.05) is 19.7 Å². The highest BCUT2D eigenvalue weighted by Crippen LogP contribution is 2.08. The minimum atomic E-state index is -0.359. The molecule has 8 heteroatoms. The molecule has 0 bridgehead atoms. The summed E-state index contributed by atoms with van der Waals surface area (Å²) in [5.74, 6) is 0.984. The SMILES string of the molecule is Cn1ncnc1CN1CCOC(C(N)=NO)C1. The maximum atomic E-state index is 8.61. The van der Waals surface area contributed by atoms with Gasteiger partial charge in [0.05, 0.1) is 13.2 Å². The number of hydrogen-bond donors (Lipinski definition) is 2. The summed E-state index contributed by atoms with van der Waals surface area (Å²) in [6.07, 6.45) is 1.17. The van der Waals surface area contributed by atoms with Gasteiger partial charge in [-0.1, -0.05) is 5.16 Å². The molecule has 3 N–H and O–H groups in total. The molecule has 1 aromatic rings. The van der Waals surface area contributed by atoms with Crippen LogP contribution in [0.25, 0.3) is 0 Å². The molecule has 0 aromatic carbocycles. The third-order valence-electron chi connectivity index (χ3n) is 2.77. The Hall–Kier alpha value is -1.67. The van der Waals surface area contributed by atoms with Crippen molar-refractivity contribution in [1.82, 2.24) is 19.7 Å². The second-order valence-electron chi connectivity index (χ2n) is 3.92. The average molecular weight is 240 g/mol. The second-order valence-corrected chi connectivity index (χ2v) is 3.92. The quantitative estimate of drug-likeness (QED) is 0.296. The van der Waals surface area contributed by atoms with Gasteiger partial charge in [-0.2, -0.15) is 5.10 Å². The van der Waals surface area contributed by atoms with Crippen LogP contribution in [0.5, 0.6) is 0 Å². The molecule has 1 aromatic heterocycles. The van der Waals surface area contributed by atoms with Gasteiger partial charge in [-0.05, 0) is 0 Å². The zero-order chi connectivity index (χ0) is 12.3. The summed E-state index contributed by atoms with van der Waals surface area (Å²) in [4.78, 5) is 6.29. The number of rotatable bonds is 3. The smallest absolute Gasteiger partial charge is 0.169 e. The van der Waals surface area contributed by atoms with Crippen LogP contribution >= 0.6 is 0 Å². The van der Waals surface area contributed by atoms with Crippen LogP contribution in [0.3, 0.4) is 0 Å². The Morgan fingerprint density at radius 1 is 1.76 bits per heavy atom. The first-order valence-electron chi connectivity index (χ1n) is 5.35. The number of nitrogens with two attached hydrogens (primary N) is 1. The van der Waals surface area contributed by atoms with E-state index < -0.39 is 0 Å². The molecule has 2 heterocycles. The summed E-state index contributed by atoms with van der Waals surface area (Å²) < 4.78 is 7.14. The molecule has 2 rings (SSSR count). The summed E-state index contributed by atoms with van der Waals surface area (Å²) in [6.45, 7) is 2.61. The largest absolute Gasteiger partial charge is 0.409 e. The normalized spacial score (nSPS) is 22.9. The molecule has 1 unspecified atom stereocenters. The average Bonchev–Trinajstić information content (AvgIpc) is 2.74. The van der Waals surface area contributed by atoms with Crippen LogP contribution in [0, 0.1) is 0 Å². The van der Waals surface area contributed by atoms with Gasteiger partial charge in [-0.15, -0.1) is 0 Å². The Labute approximate surface area is 98.7 Å². The number of amidine groups is 1. The van der Waals surface area contributed by atoms with E-state index in [-0.39, 0.29) is 11.9 Å². The number of hydrogen-bond acceptors (Lipinski definition) is 6. The summed E-state index contributed by atoms with van der Waals surface area (Å²) >= 11 is 0. The predicted molar refractivity (Wildman–Crippen MR) is 59.4 cm³/mol. The molecular weight excluding hydrogens is 224 g/mol. The standard InChI is InChI=1S/C9H16N6O2/c1-14-8(11-6-12-14)5-15-2-3-17-7(4-15)9(10)13-16/h6-7,16H,2-5H2,1H3,(H2,10,13). The lowest BCUT2D eigenvalue weighted by atomic mass is 10.2. The van der Waals surface area contributed by atoms with Gasteiger partial charge in [0.2, 0.25) is 0 Å². The van der Waals surface area contributed by atoms with E-state index in [0.29, 0.717) is 19.7 Å². The fourth-order valence-electron chi connectivity index (χ4n) is 1.75. The molecule has 0 aliphatic carbocycles. The molecule has 8 nitrogen and oxygen atoms in total. The molecule has 0 radical (unpaired) electrons. The molecule has 1 atom stereocenters. The lowest BCUT2D eigenvalue weighted by Gasteiger charge is -2.31. The highest BCUT2D eigenvalue weighted by atomic mass is 16.5. The van der Waals surface area contributed by atoms with Crippen molar-refractivity contribution in [3.63, 3.8) is 0 Å². The molecule has 0 amide bonds. The molecule has 0 spiro atoms. The number of morpholine rings is 1. The van der Waals surface area contributed by atoms with Gasteiger partial charge in [-0.3, -0.25) is 9.58 Å². The van der Waals surface area contributed by atoms with Crippen LogP contribution in [0.15, 0.2) is 11.5 Å². The first kappa shape index (κ1) is 11.8. The summed E-state index contributed by atoms with van der Waals surface area (Å²) in [5.41, 5.74) is 5.53. The van der Waals surface area contributed by atoms with Crippen molar-refractivity contribution in [3.05, 3.63) is 12.2 Å². The molecular formula is C9H16N6O2. The van der Waals surface area contributed by atoms with Gasteiger partial charge in [-0.25, -0.2) is 4.98 Å². The fourth-order valence-corrected chi connectivity index (χ4v) is 1.75. The molecule has 1 aliphatic rings. The van der Waals surface area contributed by atoms with Crippen molar-refractivity contribution in [3.8, 4) is 0 Å². The van der Waals surface area contributed by atoms with Crippen LogP contribution < -0.4 is 5.73 Å². The monoisotopic (exact) mass is 240 g/mol. The fraction of sp³-hybridized carbons (Fsp3) is 0.667. The predicted octanol–water partition coefficient (Wildman–Crippen LogP) is -1.24. The second kappa shape index (κ2) is 5.11. The number of oxime groups is 1. The topological polar surface area (TPSA) is 102 Å². The summed E-state index contributed by atoms with van der Waals surface area (Å²) in [7, 11) is 1.85. The lowest BCUT2D eigenvalue weighted by Crippen LogP contribution is -2.48. The molecule has 1 fully saturated rings. The van der Waals surface area contributed by atoms with Crippen molar-refractivity contribution < 1.29 is 9.94 Å². The van der Waals surface area contributed by atoms with E-state index in [1.807, 2.05) is 7.05 Å². The maximum Gasteiger partial charge on any atom is 0.169 e. The number of nitrogens with zero attached hydrogens (tertiary/aromatic N) is 5. The zero-order valence-electron chi connectivity index (χ0n) is 9.65. The first-order valence-corrected chi connectivity index (χ1v) is 5.35. The van der Waals surface area contributed by atoms with Crippen LogP contribution in [0.2, 0.25) is 0 Å². The zero-order valence-corrected chi connectivity index (χ0v) is 9.65. The van der Waals surface area contributed by atoms with Crippen molar-refractivity contribution in [2.45, 2.75) is 12.6 Å². The van der Waals surface area contributed by atoms with E-state index in [1.54, 1.807) is 4.68 Å². The Morgan fingerprint density at radius 2 is 2.59 bits per heavy atom. The molecule has 1 saturated heterocycles. The molecule has 1 aliphatic heterocycles. The van der Waals surface area contributed by atoms with E-state index in [0.717, 1.165) is 12.4 Å². The van der Waals surface area contributed by atoms with Crippen molar-refractivity contribution >= 4 is 5.84 Å². The lowest BCUT2D eigenvalue weighted by molar-refractivity contribution is 0.000126. The Balaban J connectivity index is 1.96. The van der Waals surface area contributed by atoms with E-state index >= 15 is 0 Å². The Bertz CT molecular complexity index is 404. The van der Waals surface area contributed by atoms with Crippen molar-refractivity contribution in [2.24, 2.45) is 17.9 Å². The Morgan fingerprint density at radius 3 is 3.24 bits per heavy atom. The van der Waals surface area contributed by atoms with Gasteiger partial charge < -0.3 is 15.7 Å². The molecule has 17 heavy (non-hydrogen) atoms. The molecule has 94 valence electrons. The molecule has 0 saturated carbocycles. The minimum absolute atomic E-state index is 0.104. The summed E-state index contributed by atoms with van der Waals surface area (Å²) in [5, 5.41) is 15.6. The number of ether oxygens (including phenoxy) is 1. The van der Waals surface area contributed by atoms with Crippen molar-refractivity contribution in [1.29, 1.82) is 0 Å². The van der Waals surface area contributed by atoms with Crippen LogP contribution in [0.1, 0.15) is 5.82 Å². The van der Waals surface area contributed by atoms with Gasteiger partial charge in [0.15, 0.2) is 5.84 Å². The highest BCUT2D eigenvalue weighted by molar-refractivity contribution is 5.84. The maximum absolute atomic E-state index is 8.61. The van der Waals surface area contributed by atoms with Crippen LogP contribution in [-0.4, -0.2) is 56.5 Å². The van der Waals surface area contributed by atoms with E-state index in [4.69, 9.17) is 15.7 Å². The van der Waals surface area contributed by atoms with E-state index in [1.165, 1.54) is 6.33 Å². The first-order chi connectivity index (χ1) is 8.20. The van der Waals surface area contributed by atoms with Gasteiger partial charge in [0, 0.05) is 20.1 Å². The van der Waals surface area contributed by atoms with E-state index in [2.05, 4.69) is 20.1 Å². The van der Waals surface area contributed by atoms with Crippen LogP contribution in [0.4, 0.5) is 0 Å². The summed E-state index contributed by atoms with van der Waals surface area (Å²) in [6, 6.07) is 0. The van der Waals surface area contributed by atoms with E-state index in [9.17, 15) is 0 Å². The third-order valence-corrected chi connectivity index (χ3v) is 2.77.